The third-order valence-corrected chi connectivity index (χ3v) is 2.29. The molecule has 0 atom stereocenters. The maximum absolute atomic E-state index is 9.91. The van der Waals surface area contributed by atoms with E-state index in [2.05, 4.69) is 5.10 Å². The molecule has 0 amide bonds. The lowest BCUT2D eigenvalue weighted by Gasteiger charge is -2.17. The first-order valence-corrected chi connectivity index (χ1v) is 4.64. The summed E-state index contributed by atoms with van der Waals surface area (Å²) in [5.41, 5.74) is 2.15. The molecule has 0 spiro atoms. The smallest absolute Gasteiger partial charge is 0.0876 e. The Hall–Kier alpha value is -0.830. The van der Waals surface area contributed by atoms with E-state index in [0.29, 0.717) is 0 Å². The summed E-state index contributed by atoms with van der Waals surface area (Å²) < 4.78 is 1.92. The van der Waals surface area contributed by atoms with Gasteiger partial charge in [-0.2, -0.15) is 5.10 Å². The maximum Gasteiger partial charge on any atom is 0.0876 e. The van der Waals surface area contributed by atoms with Gasteiger partial charge in [0.15, 0.2) is 0 Å². The second-order valence-corrected chi connectivity index (χ2v) is 3.92. The van der Waals surface area contributed by atoms with Crippen molar-refractivity contribution >= 4 is 0 Å². The van der Waals surface area contributed by atoms with Crippen molar-refractivity contribution in [3.8, 4) is 0 Å². The van der Waals surface area contributed by atoms with Gasteiger partial charge < -0.3 is 5.11 Å². The minimum absolute atomic E-state index is 0.790. The van der Waals surface area contributed by atoms with Crippen LogP contribution in [0.25, 0.3) is 0 Å². The van der Waals surface area contributed by atoms with Crippen LogP contribution in [0.2, 0.25) is 0 Å². The summed E-state index contributed by atoms with van der Waals surface area (Å²) in [6, 6.07) is 0. The minimum atomic E-state index is -0.790. The monoisotopic (exact) mass is 182 g/mol. The molecule has 1 aromatic rings. The molecule has 13 heavy (non-hydrogen) atoms. The van der Waals surface area contributed by atoms with Crippen molar-refractivity contribution in [3.63, 3.8) is 0 Å². The molecule has 0 unspecified atom stereocenters. The molecular weight excluding hydrogens is 164 g/mol. The third-order valence-electron chi connectivity index (χ3n) is 2.29. The Labute approximate surface area is 79.4 Å². The van der Waals surface area contributed by atoms with Gasteiger partial charge in [-0.05, 0) is 34.6 Å². The SMILES string of the molecule is CCn1nc(C)c(C(C)(C)O)c1C. The van der Waals surface area contributed by atoms with Crippen LogP contribution in [0.3, 0.4) is 0 Å². The Balaban J connectivity index is 3.29. The highest BCUT2D eigenvalue weighted by Crippen LogP contribution is 2.26. The summed E-state index contributed by atoms with van der Waals surface area (Å²) in [7, 11) is 0. The van der Waals surface area contributed by atoms with E-state index >= 15 is 0 Å². The van der Waals surface area contributed by atoms with Crippen LogP contribution < -0.4 is 0 Å². The molecule has 74 valence electrons. The van der Waals surface area contributed by atoms with E-state index in [1.165, 1.54) is 0 Å². The predicted octanol–water partition coefficient (Wildman–Crippen LogP) is 1.75. The molecule has 1 heterocycles. The van der Waals surface area contributed by atoms with Crippen LogP contribution in [0.4, 0.5) is 0 Å². The molecule has 0 aliphatic carbocycles. The minimum Gasteiger partial charge on any atom is -0.386 e. The molecule has 0 aliphatic heterocycles. The standard InChI is InChI=1S/C10H18N2O/c1-6-12-8(3)9(7(2)11-12)10(4,5)13/h13H,6H2,1-5H3. The fourth-order valence-corrected chi connectivity index (χ4v) is 1.89. The van der Waals surface area contributed by atoms with Crippen molar-refractivity contribution in [2.75, 3.05) is 0 Å². The average molecular weight is 182 g/mol. The number of aryl methyl sites for hydroxylation is 2. The normalized spacial score (nSPS) is 12.2. The van der Waals surface area contributed by atoms with Crippen molar-refractivity contribution in [1.82, 2.24) is 9.78 Å². The lowest BCUT2D eigenvalue weighted by Crippen LogP contribution is -2.17. The Morgan fingerprint density at radius 3 is 2.15 bits per heavy atom. The van der Waals surface area contributed by atoms with Gasteiger partial charge in [-0.3, -0.25) is 4.68 Å². The molecule has 0 bridgehead atoms. The number of hydrogen-bond acceptors (Lipinski definition) is 2. The first kappa shape index (κ1) is 10.3. The van der Waals surface area contributed by atoms with Crippen molar-refractivity contribution in [3.05, 3.63) is 17.0 Å². The zero-order valence-corrected chi connectivity index (χ0v) is 9.05. The van der Waals surface area contributed by atoms with Gasteiger partial charge in [0, 0.05) is 17.8 Å². The van der Waals surface area contributed by atoms with Gasteiger partial charge in [0.25, 0.3) is 0 Å². The predicted molar refractivity (Wildman–Crippen MR) is 52.6 cm³/mol. The van der Waals surface area contributed by atoms with Gasteiger partial charge >= 0.3 is 0 Å². The molecule has 0 saturated carbocycles. The van der Waals surface area contributed by atoms with Gasteiger partial charge in [0.2, 0.25) is 0 Å². The van der Waals surface area contributed by atoms with Gasteiger partial charge in [0.05, 0.1) is 11.3 Å². The fraction of sp³-hybridized carbons (Fsp3) is 0.700. The lowest BCUT2D eigenvalue weighted by atomic mass is 9.96. The van der Waals surface area contributed by atoms with Gasteiger partial charge in [-0.1, -0.05) is 0 Å². The van der Waals surface area contributed by atoms with Crippen LogP contribution in [0.1, 0.15) is 37.7 Å². The van der Waals surface area contributed by atoms with Crippen molar-refractivity contribution in [2.45, 2.75) is 46.8 Å². The summed E-state index contributed by atoms with van der Waals surface area (Å²) >= 11 is 0. The van der Waals surface area contributed by atoms with Crippen LogP contribution in [-0.2, 0) is 12.1 Å². The Bertz CT molecular complexity index is 307. The highest BCUT2D eigenvalue weighted by molar-refractivity contribution is 5.29. The first-order valence-electron chi connectivity index (χ1n) is 4.64. The third kappa shape index (κ3) is 1.75. The fourth-order valence-electron chi connectivity index (χ4n) is 1.89. The summed E-state index contributed by atoms with van der Waals surface area (Å²) in [5.74, 6) is 0. The van der Waals surface area contributed by atoms with Crippen molar-refractivity contribution in [2.24, 2.45) is 0 Å². The molecule has 1 N–H and O–H groups in total. The quantitative estimate of drug-likeness (QED) is 0.756. The maximum atomic E-state index is 9.91. The highest BCUT2D eigenvalue weighted by Gasteiger charge is 2.24. The summed E-state index contributed by atoms with van der Waals surface area (Å²) in [6.07, 6.45) is 0. The van der Waals surface area contributed by atoms with Crippen molar-refractivity contribution in [1.29, 1.82) is 0 Å². The van der Waals surface area contributed by atoms with E-state index in [0.717, 1.165) is 23.5 Å². The van der Waals surface area contributed by atoms with Gasteiger partial charge in [-0.25, -0.2) is 0 Å². The molecule has 1 aromatic heterocycles. The van der Waals surface area contributed by atoms with Crippen LogP contribution in [0.5, 0.6) is 0 Å². The van der Waals surface area contributed by atoms with E-state index in [4.69, 9.17) is 0 Å². The number of aliphatic hydroxyl groups is 1. The lowest BCUT2D eigenvalue weighted by molar-refractivity contribution is 0.0771. The molecule has 0 radical (unpaired) electrons. The number of hydrogen-bond donors (Lipinski definition) is 1. The van der Waals surface area contributed by atoms with Crippen LogP contribution in [0.15, 0.2) is 0 Å². The zero-order chi connectivity index (χ0) is 10.2. The van der Waals surface area contributed by atoms with Gasteiger partial charge in [-0.15, -0.1) is 0 Å². The molecule has 3 nitrogen and oxygen atoms in total. The highest BCUT2D eigenvalue weighted by atomic mass is 16.3. The topological polar surface area (TPSA) is 38.0 Å². The van der Waals surface area contributed by atoms with Crippen LogP contribution >= 0.6 is 0 Å². The molecular formula is C10H18N2O. The van der Waals surface area contributed by atoms with Crippen LogP contribution in [-0.4, -0.2) is 14.9 Å². The van der Waals surface area contributed by atoms with E-state index in [1.807, 2.05) is 25.5 Å². The van der Waals surface area contributed by atoms with Gasteiger partial charge in [0.1, 0.15) is 0 Å². The number of aromatic nitrogens is 2. The molecule has 0 aliphatic rings. The average Bonchev–Trinajstić information content (AvgIpc) is 2.24. The summed E-state index contributed by atoms with van der Waals surface area (Å²) in [5, 5.41) is 14.3. The van der Waals surface area contributed by atoms with Crippen LogP contribution in [0, 0.1) is 13.8 Å². The van der Waals surface area contributed by atoms with E-state index < -0.39 is 5.60 Å². The largest absolute Gasteiger partial charge is 0.386 e. The van der Waals surface area contributed by atoms with Crippen molar-refractivity contribution < 1.29 is 5.11 Å². The molecule has 0 aromatic carbocycles. The van der Waals surface area contributed by atoms with E-state index in [-0.39, 0.29) is 0 Å². The molecule has 1 rings (SSSR count). The Kier molecular flexibility index (Phi) is 2.48. The summed E-state index contributed by atoms with van der Waals surface area (Å²) in [6.45, 7) is 10.4. The Morgan fingerprint density at radius 2 is 1.92 bits per heavy atom. The second kappa shape index (κ2) is 3.14. The molecule has 0 saturated heterocycles. The molecule has 3 heteroatoms. The molecule has 0 fully saturated rings. The summed E-state index contributed by atoms with van der Waals surface area (Å²) in [4.78, 5) is 0. The van der Waals surface area contributed by atoms with E-state index in [1.54, 1.807) is 13.8 Å². The Morgan fingerprint density at radius 1 is 1.38 bits per heavy atom. The first-order chi connectivity index (χ1) is 5.88. The number of rotatable bonds is 2. The number of nitrogens with zero attached hydrogens (tertiary/aromatic N) is 2. The second-order valence-electron chi connectivity index (χ2n) is 3.92. The van der Waals surface area contributed by atoms with E-state index in [9.17, 15) is 5.11 Å². The zero-order valence-electron chi connectivity index (χ0n) is 9.05.